The van der Waals surface area contributed by atoms with Crippen LogP contribution in [0.15, 0.2) is 11.6 Å². The van der Waals surface area contributed by atoms with Crippen LogP contribution in [0, 0.1) is 45.3 Å². The molecule has 0 aromatic carbocycles. The molecule has 4 nitrogen and oxygen atoms in total. The number of aliphatic hydroxyl groups excluding tert-OH is 2. The fourth-order valence-corrected chi connectivity index (χ4v) is 10.1. The Bertz CT molecular complexity index is 903. The number of carbonyl (C=O) groups excluding carboxylic acids is 1. The topological polar surface area (TPSA) is 66.8 Å². The predicted molar refractivity (Wildman–Crippen MR) is 134 cm³/mol. The SMILES string of the molecule is CC([C@H]1OC(C)(C)C(O)C1O)[C@H]1CC[C@]2(C)C3=CC[C@H]4C(C)(C)C(=O)CC[C@]4(C)[C@@H]3CC[C@@]12C. The third kappa shape index (κ3) is 2.97. The monoisotopic (exact) mass is 472 g/mol. The molecular weight excluding hydrogens is 424 g/mol. The van der Waals surface area contributed by atoms with E-state index in [1.165, 1.54) is 19.3 Å². The molecule has 5 rings (SSSR count). The summed E-state index contributed by atoms with van der Waals surface area (Å²) in [6.45, 7) is 17.9. The van der Waals surface area contributed by atoms with E-state index in [1.54, 1.807) is 5.57 Å². The summed E-state index contributed by atoms with van der Waals surface area (Å²) in [4.78, 5) is 12.8. The number of rotatable bonds is 2. The van der Waals surface area contributed by atoms with E-state index in [1.807, 2.05) is 13.8 Å². The lowest BCUT2D eigenvalue weighted by Gasteiger charge is -2.63. The Labute approximate surface area is 206 Å². The molecule has 0 bridgehead atoms. The van der Waals surface area contributed by atoms with Gasteiger partial charge in [0, 0.05) is 11.8 Å². The third-order valence-corrected chi connectivity index (χ3v) is 12.6. The molecule has 3 saturated carbocycles. The van der Waals surface area contributed by atoms with E-state index < -0.39 is 17.8 Å². The van der Waals surface area contributed by atoms with E-state index in [2.05, 4.69) is 47.6 Å². The molecule has 0 aromatic heterocycles. The predicted octanol–water partition coefficient (Wildman–Crippen LogP) is 5.70. The van der Waals surface area contributed by atoms with Crippen LogP contribution in [0.25, 0.3) is 0 Å². The minimum absolute atomic E-state index is 0.145. The lowest BCUT2D eigenvalue weighted by molar-refractivity contribution is -0.146. The summed E-state index contributed by atoms with van der Waals surface area (Å²) in [6, 6.07) is 0. The van der Waals surface area contributed by atoms with Crippen molar-refractivity contribution >= 4 is 5.78 Å². The summed E-state index contributed by atoms with van der Waals surface area (Å²) in [5, 5.41) is 21.5. The Morgan fingerprint density at radius 2 is 1.68 bits per heavy atom. The van der Waals surface area contributed by atoms with E-state index in [4.69, 9.17) is 4.74 Å². The van der Waals surface area contributed by atoms with Crippen molar-refractivity contribution in [2.45, 2.75) is 124 Å². The smallest absolute Gasteiger partial charge is 0.138 e. The first kappa shape index (κ1) is 25.0. The molecule has 0 amide bonds. The molecule has 0 radical (unpaired) electrons. The van der Waals surface area contributed by atoms with Crippen LogP contribution >= 0.6 is 0 Å². The summed E-state index contributed by atoms with van der Waals surface area (Å²) in [5.41, 5.74) is 1.24. The van der Waals surface area contributed by atoms with E-state index in [9.17, 15) is 15.0 Å². The van der Waals surface area contributed by atoms with Gasteiger partial charge in [-0.05, 0) is 92.3 Å². The summed E-state index contributed by atoms with van der Waals surface area (Å²) in [6.07, 6.45) is 8.07. The van der Waals surface area contributed by atoms with Crippen molar-refractivity contribution in [1.82, 2.24) is 0 Å². The van der Waals surface area contributed by atoms with Gasteiger partial charge in [-0.25, -0.2) is 0 Å². The molecule has 192 valence electrons. The number of carbonyl (C=O) groups is 1. The van der Waals surface area contributed by atoms with Crippen molar-refractivity contribution in [2.24, 2.45) is 45.3 Å². The maximum Gasteiger partial charge on any atom is 0.138 e. The minimum Gasteiger partial charge on any atom is -0.388 e. The van der Waals surface area contributed by atoms with E-state index in [0.717, 1.165) is 25.7 Å². The Kier molecular flexibility index (Phi) is 5.44. The molecular formula is C30H48O4. The number of hydrogen-bond donors (Lipinski definition) is 2. The highest BCUT2D eigenvalue weighted by Gasteiger charge is 2.66. The Balaban J connectivity index is 1.47. The van der Waals surface area contributed by atoms with E-state index >= 15 is 0 Å². The number of fused-ring (bicyclic) bond motifs is 5. The molecule has 0 aromatic rings. The van der Waals surface area contributed by atoms with Gasteiger partial charge in [0.05, 0.1) is 11.7 Å². The highest BCUT2D eigenvalue weighted by molar-refractivity contribution is 5.85. The maximum absolute atomic E-state index is 12.8. The number of ether oxygens (including phenoxy) is 1. The van der Waals surface area contributed by atoms with Crippen molar-refractivity contribution in [3.63, 3.8) is 0 Å². The zero-order valence-electron chi connectivity index (χ0n) is 22.8. The molecule has 2 N–H and O–H groups in total. The summed E-state index contributed by atoms with van der Waals surface area (Å²) in [5.74, 6) is 2.10. The van der Waals surface area contributed by atoms with Crippen molar-refractivity contribution in [3.05, 3.63) is 11.6 Å². The standard InChI is InChI=1S/C30H48O4/c1-17(24-23(32)25(33)27(4,5)34-24)18-11-15-30(8)20-9-10-21-26(2,3)22(31)13-14-28(21,6)19(20)12-16-29(18,30)7/h9,17-19,21,23-25,32-33H,10-16H2,1-8H3/t17?,18-,19-,21+,23?,24-,25?,28-,29+,30-/m1/s1. The number of ketones is 1. The average Bonchev–Trinajstić information content (AvgIpc) is 3.15. The van der Waals surface area contributed by atoms with Crippen molar-refractivity contribution in [3.8, 4) is 0 Å². The van der Waals surface area contributed by atoms with Crippen LogP contribution < -0.4 is 0 Å². The van der Waals surface area contributed by atoms with E-state index in [0.29, 0.717) is 23.5 Å². The highest BCUT2D eigenvalue weighted by atomic mass is 16.6. The lowest BCUT2D eigenvalue weighted by Crippen LogP contribution is -2.57. The molecule has 4 heteroatoms. The van der Waals surface area contributed by atoms with Crippen LogP contribution in [0.3, 0.4) is 0 Å². The van der Waals surface area contributed by atoms with Crippen LogP contribution in [-0.2, 0) is 9.53 Å². The highest BCUT2D eigenvalue weighted by Crippen LogP contribution is 2.73. The largest absolute Gasteiger partial charge is 0.388 e. The number of aliphatic hydroxyl groups is 2. The summed E-state index contributed by atoms with van der Waals surface area (Å²) < 4.78 is 6.28. The van der Waals surface area contributed by atoms with Crippen LogP contribution in [0.5, 0.6) is 0 Å². The van der Waals surface area contributed by atoms with Gasteiger partial charge in [0.15, 0.2) is 0 Å². The molecule has 1 saturated heterocycles. The first-order chi connectivity index (χ1) is 15.6. The molecule has 1 aliphatic heterocycles. The van der Waals surface area contributed by atoms with Crippen LogP contribution in [0.4, 0.5) is 0 Å². The maximum atomic E-state index is 12.8. The third-order valence-electron chi connectivity index (χ3n) is 12.6. The normalized spacial score (nSPS) is 52.4. The van der Waals surface area contributed by atoms with E-state index in [-0.39, 0.29) is 33.7 Å². The van der Waals surface area contributed by atoms with Gasteiger partial charge in [-0.1, -0.05) is 53.2 Å². The number of allylic oxidation sites excluding steroid dienone is 2. The molecule has 4 fully saturated rings. The van der Waals surface area contributed by atoms with Crippen molar-refractivity contribution < 1.29 is 19.7 Å². The molecule has 4 aliphatic carbocycles. The minimum atomic E-state index is -0.841. The molecule has 3 unspecified atom stereocenters. The Morgan fingerprint density at radius 3 is 2.29 bits per heavy atom. The van der Waals surface area contributed by atoms with Gasteiger partial charge in [0.1, 0.15) is 18.0 Å². The second-order valence-electron chi connectivity index (χ2n) is 14.6. The van der Waals surface area contributed by atoms with Crippen LogP contribution in [0.2, 0.25) is 0 Å². The first-order valence-electron chi connectivity index (χ1n) is 13.9. The lowest BCUT2D eigenvalue weighted by atomic mass is 9.41. The number of Topliss-reactive ketones (excluding diaryl/α,β-unsaturated/α-hetero) is 1. The summed E-state index contributed by atoms with van der Waals surface area (Å²) >= 11 is 0. The average molecular weight is 473 g/mol. The second kappa shape index (κ2) is 7.42. The second-order valence-corrected chi connectivity index (χ2v) is 14.6. The quantitative estimate of drug-likeness (QED) is 0.506. The van der Waals surface area contributed by atoms with Crippen LogP contribution in [0.1, 0.15) is 100 Å². The Hall–Kier alpha value is -0.710. The molecule has 34 heavy (non-hydrogen) atoms. The molecule has 1 heterocycles. The fraction of sp³-hybridized carbons (Fsp3) is 0.900. The zero-order valence-corrected chi connectivity index (χ0v) is 22.8. The molecule has 0 spiro atoms. The van der Waals surface area contributed by atoms with Gasteiger partial charge in [0.2, 0.25) is 0 Å². The fourth-order valence-electron chi connectivity index (χ4n) is 10.1. The first-order valence-corrected chi connectivity index (χ1v) is 13.9. The van der Waals surface area contributed by atoms with Crippen molar-refractivity contribution in [2.75, 3.05) is 0 Å². The van der Waals surface area contributed by atoms with Crippen molar-refractivity contribution in [1.29, 1.82) is 0 Å². The Morgan fingerprint density at radius 1 is 1.00 bits per heavy atom. The summed E-state index contributed by atoms with van der Waals surface area (Å²) in [7, 11) is 0. The zero-order chi connectivity index (χ0) is 25.1. The number of hydrogen-bond acceptors (Lipinski definition) is 4. The van der Waals surface area contributed by atoms with Gasteiger partial charge >= 0.3 is 0 Å². The van der Waals surface area contributed by atoms with Crippen LogP contribution in [-0.4, -0.2) is 39.9 Å². The molecule has 10 atom stereocenters. The van der Waals surface area contributed by atoms with Gasteiger partial charge in [-0.3, -0.25) is 4.79 Å². The van der Waals surface area contributed by atoms with Gasteiger partial charge in [-0.15, -0.1) is 0 Å². The van der Waals surface area contributed by atoms with Gasteiger partial charge < -0.3 is 14.9 Å². The van der Waals surface area contributed by atoms with Gasteiger partial charge in [-0.2, -0.15) is 0 Å². The molecule has 5 aliphatic rings. The van der Waals surface area contributed by atoms with Gasteiger partial charge in [0.25, 0.3) is 0 Å².